The minimum atomic E-state index is 0.295. The molecule has 0 aromatic heterocycles. The summed E-state index contributed by atoms with van der Waals surface area (Å²) >= 11 is 0. The van der Waals surface area contributed by atoms with Gasteiger partial charge in [0.2, 0.25) is 0 Å². The van der Waals surface area contributed by atoms with Gasteiger partial charge in [-0.05, 0) is 44.8 Å². The predicted octanol–water partition coefficient (Wildman–Crippen LogP) is 0.766. The van der Waals surface area contributed by atoms with Crippen molar-refractivity contribution in [2.24, 2.45) is 5.41 Å². The summed E-state index contributed by atoms with van der Waals surface area (Å²) < 4.78 is 0. The number of aliphatic hydroxyl groups is 1. The van der Waals surface area contributed by atoms with Crippen LogP contribution in [-0.2, 0) is 0 Å². The van der Waals surface area contributed by atoms with Crippen LogP contribution in [0.3, 0.4) is 0 Å². The van der Waals surface area contributed by atoms with Gasteiger partial charge in [0.15, 0.2) is 0 Å². The number of β-amino-alcohol motifs (C(OH)–C–C–N with tert-alkyl or cyclic N) is 1. The summed E-state index contributed by atoms with van der Waals surface area (Å²) in [6.45, 7) is 8.25. The van der Waals surface area contributed by atoms with Gasteiger partial charge in [-0.25, -0.2) is 0 Å². The maximum Gasteiger partial charge on any atom is 0.0558 e. The van der Waals surface area contributed by atoms with Crippen molar-refractivity contribution in [1.29, 1.82) is 0 Å². The summed E-state index contributed by atoms with van der Waals surface area (Å²) in [6, 6.07) is 0. The van der Waals surface area contributed by atoms with E-state index in [9.17, 15) is 0 Å². The Morgan fingerprint density at radius 1 is 1.00 bits per heavy atom. The van der Waals surface area contributed by atoms with E-state index in [1.807, 2.05) is 0 Å². The quantitative estimate of drug-likeness (QED) is 0.747. The molecule has 0 aromatic rings. The number of rotatable bonds is 6. The van der Waals surface area contributed by atoms with Crippen LogP contribution >= 0.6 is 0 Å². The highest BCUT2D eigenvalue weighted by Gasteiger charge is 2.35. The molecule has 1 heterocycles. The van der Waals surface area contributed by atoms with Crippen LogP contribution in [0.1, 0.15) is 32.1 Å². The van der Waals surface area contributed by atoms with E-state index in [0.29, 0.717) is 12.0 Å². The standard InChI is InChI=1S/C15H31N3O/c1-16-13-15(5-2-3-6-15)14-18-8-4-7-17(9-10-18)11-12-19/h16,19H,2-14H2,1H3. The second-order valence-corrected chi connectivity index (χ2v) is 6.43. The van der Waals surface area contributed by atoms with Crippen LogP contribution < -0.4 is 5.32 Å². The molecule has 0 amide bonds. The molecule has 0 aromatic carbocycles. The highest BCUT2D eigenvalue weighted by atomic mass is 16.3. The van der Waals surface area contributed by atoms with E-state index in [0.717, 1.165) is 19.6 Å². The van der Waals surface area contributed by atoms with Crippen molar-refractivity contribution >= 4 is 0 Å². The molecule has 4 nitrogen and oxygen atoms in total. The van der Waals surface area contributed by atoms with Crippen molar-refractivity contribution in [3.63, 3.8) is 0 Å². The summed E-state index contributed by atoms with van der Waals surface area (Å²) in [5.74, 6) is 0. The van der Waals surface area contributed by atoms with Crippen LogP contribution in [-0.4, -0.2) is 74.4 Å². The number of hydrogen-bond donors (Lipinski definition) is 2. The number of hydrogen-bond acceptors (Lipinski definition) is 4. The maximum atomic E-state index is 9.05. The average Bonchev–Trinajstić information content (AvgIpc) is 2.73. The van der Waals surface area contributed by atoms with Crippen LogP contribution in [0.5, 0.6) is 0 Å². The summed E-state index contributed by atoms with van der Waals surface area (Å²) in [5.41, 5.74) is 0.529. The molecule has 1 aliphatic heterocycles. The monoisotopic (exact) mass is 269 g/mol. The smallest absolute Gasteiger partial charge is 0.0558 e. The molecule has 4 heteroatoms. The summed E-state index contributed by atoms with van der Waals surface area (Å²) in [5, 5.41) is 12.5. The Balaban J connectivity index is 1.84. The van der Waals surface area contributed by atoms with E-state index in [-0.39, 0.29) is 0 Å². The average molecular weight is 269 g/mol. The van der Waals surface area contributed by atoms with Gasteiger partial charge in [0.25, 0.3) is 0 Å². The van der Waals surface area contributed by atoms with Gasteiger partial charge in [0, 0.05) is 32.7 Å². The van der Waals surface area contributed by atoms with E-state index in [1.165, 1.54) is 58.3 Å². The molecular formula is C15H31N3O. The predicted molar refractivity (Wildman–Crippen MR) is 79.4 cm³/mol. The third kappa shape index (κ3) is 4.42. The van der Waals surface area contributed by atoms with Gasteiger partial charge in [-0.1, -0.05) is 12.8 Å². The summed E-state index contributed by atoms with van der Waals surface area (Å²) in [7, 11) is 2.09. The largest absolute Gasteiger partial charge is 0.395 e. The molecule has 1 aliphatic carbocycles. The van der Waals surface area contributed by atoms with Gasteiger partial charge < -0.3 is 15.3 Å². The summed E-state index contributed by atoms with van der Waals surface area (Å²) in [4.78, 5) is 5.07. The Kier molecular flexibility index (Phi) is 6.07. The molecule has 0 unspecified atom stereocenters. The van der Waals surface area contributed by atoms with Gasteiger partial charge in [0.1, 0.15) is 0 Å². The Labute approximate surface area is 118 Å². The molecule has 0 radical (unpaired) electrons. The summed E-state index contributed by atoms with van der Waals surface area (Å²) in [6.07, 6.45) is 6.85. The molecule has 19 heavy (non-hydrogen) atoms. The molecule has 1 saturated heterocycles. The fourth-order valence-electron chi connectivity index (χ4n) is 3.91. The third-order valence-electron chi connectivity index (χ3n) is 4.87. The molecular weight excluding hydrogens is 238 g/mol. The molecule has 0 atom stereocenters. The van der Waals surface area contributed by atoms with E-state index >= 15 is 0 Å². The van der Waals surface area contributed by atoms with Crippen molar-refractivity contribution in [3.8, 4) is 0 Å². The molecule has 2 fully saturated rings. The van der Waals surface area contributed by atoms with Gasteiger partial charge >= 0.3 is 0 Å². The lowest BCUT2D eigenvalue weighted by molar-refractivity contribution is 0.149. The first kappa shape index (κ1) is 15.2. The molecule has 2 N–H and O–H groups in total. The molecule has 112 valence electrons. The lowest BCUT2D eigenvalue weighted by Crippen LogP contribution is -2.43. The third-order valence-corrected chi connectivity index (χ3v) is 4.87. The number of nitrogens with zero attached hydrogens (tertiary/aromatic N) is 2. The van der Waals surface area contributed by atoms with E-state index in [4.69, 9.17) is 5.11 Å². The fraction of sp³-hybridized carbons (Fsp3) is 1.00. The first-order valence-corrected chi connectivity index (χ1v) is 7.98. The van der Waals surface area contributed by atoms with Crippen molar-refractivity contribution in [2.45, 2.75) is 32.1 Å². The van der Waals surface area contributed by atoms with E-state index in [1.54, 1.807) is 0 Å². The van der Waals surface area contributed by atoms with Gasteiger partial charge in [-0.15, -0.1) is 0 Å². The molecule has 1 saturated carbocycles. The fourth-order valence-corrected chi connectivity index (χ4v) is 3.91. The van der Waals surface area contributed by atoms with E-state index in [2.05, 4.69) is 22.2 Å². The Bertz CT molecular complexity index is 254. The Morgan fingerprint density at radius 2 is 1.68 bits per heavy atom. The van der Waals surface area contributed by atoms with Gasteiger partial charge in [-0.2, -0.15) is 0 Å². The highest BCUT2D eigenvalue weighted by Crippen LogP contribution is 2.38. The topological polar surface area (TPSA) is 38.7 Å². The number of aliphatic hydroxyl groups excluding tert-OH is 1. The van der Waals surface area contributed by atoms with Crippen LogP contribution in [0.25, 0.3) is 0 Å². The zero-order valence-corrected chi connectivity index (χ0v) is 12.5. The zero-order valence-electron chi connectivity index (χ0n) is 12.5. The second kappa shape index (κ2) is 7.58. The molecule has 2 rings (SSSR count). The molecule has 2 aliphatic rings. The van der Waals surface area contributed by atoms with E-state index < -0.39 is 0 Å². The first-order chi connectivity index (χ1) is 9.28. The SMILES string of the molecule is CNCC1(CN2CCCN(CCO)CC2)CCCC1. The molecule has 0 bridgehead atoms. The second-order valence-electron chi connectivity index (χ2n) is 6.43. The number of nitrogens with one attached hydrogen (secondary N) is 1. The van der Waals surface area contributed by atoms with Crippen LogP contribution in [0.2, 0.25) is 0 Å². The normalized spacial score (nSPS) is 25.6. The lowest BCUT2D eigenvalue weighted by Gasteiger charge is -2.35. The molecule has 0 spiro atoms. The van der Waals surface area contributed by atoms with Crippen molar-refractivity contribution in [3.05, 3.63) is 0 Å². The van der Waals surface area contributed by atoms with Crippen molar-refractivity contribution < 1.29 is 5.11 Å². The van der Waals surface area contributed by atoms with Crippen LogP contribution in [0, 0.1) is 5.41 Å². The van der Waals surface area contributed by atoms with Crippen LogP contribution in [0.15, 0.2) is 0 Å². The first-order valence-electron chi connectivity index (χ1n) is 7.98. The Hall–Kier alpha value is -0.160. The van der Waals surface area contributed by atoms with Crippen molar-refractivity contribution in [2.75, 3.05) is 59.5 Å². The van der Waals surface area contributed by atoms with Crippen molar-refractivity contribution in [1.82, 2.24) is 15.1 Å². The maximum absolute atomic E-state index is 9.05. The minimum absolute atomic E-state index is 0.295. The van der Waals surface area contributed by atoms with Gasteiger partial charge in [-0.3, -0.25) is 4.90 Å². The highest BCUT2D eigenvalue weighted by molar-refractivity contribution is 4.89. The minimum Gasteiger partial charge on any atom is -0.395 e. The van der Waals surface area contributed by atoms with Gasteiger partial charge in [0.05, 0.1) is 6.61 Å². The Morgan fingerprint density at radius 3 is 2.37 bits per heavy atom. The van der Waals surface area contributed by atoms with Crippen LogP contribution in [0.4, 0.5) is 0 Å². The zero-order chi connectivity index (χ0) is 13.6. The lowest BCUT2D eigenvalue weighted by atomic mass is 9.85.